The Labute approximate surface area is 210 Å². The normalized spacial score (nSPS) is 13.9. The van der Waals surface area contributed by atoms with Crippen molar-refractivity contribution in [3.05, 3.63) is 70.9 Å². The molecule has 3 aromatic carbocycles. The molecule has 0 amide bonds. The summed E-state index contributed by atoms with van der Waals surface area (Å²) in [6.45, 7) is 8.30. The Morgan fingerprint density at radius 2 is 2.06 bits per heavy atom. The Morgan fingerprint density at radius 3 is 2.78 bits per heavy atom. The number of carbonyl (C=O) groups is 1. The SMILES string of the molecule is CCC(C)(C)O[C@H](C(=O)O)c1c(C)cc2cc(C#N)ccc2c1-c1ccc2c3c(ccnc13)CCO2. The molecule has 182 valence electrons. The second-order valence-corrected chi connectivity index (χ2v) is 9.88. The van der Waals surface area contributed by atoms with Crippen LogP contribution in [0.4, 0.5) is 0 Å². The number of hydrogen-bond acceptors (Lipinski definition) is 5. The molecule has 1 aromatic heterocycles. The predicted molar refractivity (Wildman–Crippen MR) is 139 cm³/mol. The second kappa shape index (κ2) is 8.92. The van der Waals surface area contributed by atoms with Gasteiger partial charge in [-0.25, -0.2) is 4.79 Å². The lowest BCUT2D eigenvalue weighted by Crippen LogP contribution is -2.30. The number of ether oxygens (including phenoxy) is 2. The Morgan fingerprint density at radius 1 is 1.25 bits per heavy atom. The van der Waals surface area contributed by atoms with Crippen LogP contribution in [0.25, 0.3) is 32.8 Å². The van der Waals surface area contributed by atoms with E-state index in [1.807, 2.05) is 64.1 Å². The van der Waals surface area contributed by atoms with E-state index in [2.05, 4.69) is 6.07 Å². The number of aliphatic carboxylic acids is 1. The highest BCUT2D eigenvalue weighted by atomic mass is 16.5. The first kappa shape index (κ1) is 23.8. The third-order valence-electron chi connectivity index (χ3n) is 7.13. The molecule has 0 aliphatic carbocycles. The lowest BCUT2D eigenvalue weighted by atomic mass is 9.85. The number of carboxylic acids is 1. The molecule has 36 heavy (non-hydrogen) atoms. The summed E-state index contributed by atoms with van der Waals surface area (Å²) in [6, 6.07) is 15.5. The number of pyridine rings is 1. The third-order valence-corrected chi connectivity index (χ3v) is 7.13. The highest BCUT2D eigenvalue weighted by Crippen LogP contribution is 2.45. The number of rotatable bonds is 6. The van der Waals surface area contributed by atoms with Gasteiger partial charge in [0.2, 0.25) is 0 Å². The first-order valence-electron chi connectivity index (χ1n) is 12.2. The quantitative estimate of drug-likeness (QED) is 0.339. The van der Waals surface area contributed by atoms with Gasteiger partial charge in [-0.15, -0.1) is 0 Å². The summed E-state index contributed by atoms with van der Waals surface area (Å²) in [7, 11) is 0. The van der Waals surface area contributed by atoms with Gasteiger partial charge in [0, 0.05) is 29.1 Å². The maximum atomic E-state index is 12.7. The van der Waals surface area contributed by atoms with E-state index in [4.69, 9.17) is 14.5 Å². The van der Waals surface area contributed by atoms with Crippen LogP contribution in [-0.4, -0.2) is 28.3 Å². The van der Waals surface area contributed by atoms with Crippen molar-refractivity contribution in [3.63, 3.8) is 0 Å². The van der Waals surface area contributed by atoms with E-state index in [0.717, 1.165) is 56.1 Å². The summed E-state index contributed by atoms with van der Waals surface area (Å²) in [6.07, 6.45) is 2.06. The molecule has 1 aliphatic heterocycles. The van der Waals surface area contributed by atoms with Crippen molar-refractivity contribution >= 4 is 27.6 Å². The van der Waals surface area contributed by atoms with Crippen LogP contribution in [0, 0.1) is 18.3 Å². The highest BCUT2D eigenvalue weighted by molar-refractivity contribution is 6.09. The smallest absolute Gasteiger partial charge is 0.337 e. The van der Waals surface area contributed by atoms with Gasteiger partial charge in [0.1, 0.15) is 5.75 Å². The Hall–Kier alpha value is -3.95. The number of aromatic nitrogens is 1. The van der Waals surface area contributed by atoms with Crippen LogP contribution in [-0.2, 0) is 16.0 Å². The van der Waals surface area contributed by atoms with Gasteiger partial charge < -0.3 is 14.6 Å². The van der Waals surface area contributed by atoms with E-state index < -0.39 is 17.7 Å². The molecule has 0 spiro atoms. The van der Waals surface area contributed by atoms with Crippen LogP contribution in [0.3, 0.4) is 0 Å². The minimum absolute atomic E-state index is 0.544. The number of carboxylic acid groups (broad SMARTS) is 1. The van der Waals surface area contributed by atoms with E-state index in [0.29, 0.717) is 24.2 Å². The fourth-order valence-corrected chi connectivity index (χ4v) is 5.00. The highest BCUT2D eigenvalue weighted by Gasteiger charge is 2.33. The summed E-state index contributed by atoms with van der Waals surface area (Å²) in [5.41, 5.74) is 4.78. The second-order valence-electron chi connectivity index (χ2n) is 9.88. The summed E-state index contributed by atoms with van der Waals surface area (Å²) >= 11 is 0. The van der Waals surface area contributed by atoms with Crippen molar-refractivity contribution in [3.8, 4) is 22.9 Å². The lowest BCUT2D eigenvalue weighted by molar-refractivity contribution is -0.162. The maximum absolute atomic E-state index is 12.7. The van der Waals surface area contributed by atoms with Crippen LogP contribution in [0.2, 0.25) is 0 Å². The molecule has 2 heterocycles. The predicted octanol–water partition coefficient (Wildman–Crippen LogP) is 6.50. The van der Waals surface area contributed by atoms with Crippen molar-refractivity contribution < 1.29 is 19.4 Å². The molecule has 1 N–H and O–H groups in total. The Balaban J connectivity index is 1.90. The first-order valence-corrected chi connectivity index (χ1v) is 12.2. The topological polar surface area (TPSA) is 92.4 Å². The molecule has 1 atom stereocenters. The average molecular weight is 481 g/mol. The van der Waals surface area contributed by atoms with E-state index in [9.17, 15) is 15.2 Å². The number of hydrogen-bond donors (Lipinski definition) is 1. The van der Waals surface area contributed by atoms with Gasteiger partial charge >= 0.3 is 5.97 Å². The molecule has 0 unspecified atom stereocenters. The summed E-state index contributed by atoms with van der Waals surface area (Å²) in [4.78, 5) is 17.4. The monoisotopic (exact) mass is 480 g/mol. The largest absolute Gasteiger partial charge is 0.493 e. The molecule has 0 radical (unpaired) electrons. The minimum atomic E-state index is -1.18. The molecule has 0 saturated carbocycles. The molecule has 1 aliphatic rings. The number of fused-ring (bicyclic) bond motifs is 1. The van der Waals surface area contributed by atoms with Gasteiger partial charge in [-0.1, -0.05) is 19.1 Å². The molecular formula is C30H28N2O4. The molecule has 6 nitrogen and oxygen atoms in total. The fraction of sp³-hybridized carbons (Fsp3) is 0.300. The van der Waals surface area contributed by atoms with Crippen molar-refractivity contribution in [2.75, 3.05) is 6.61 Å². The molecule has 4 aromatic rings. The van der Waals surface area contributed by atoms with Crippen molar-refractivity contribution in [2.45, 2.75) is 52.2 Å². The van der Waals surface area contributed by atoms with E-state index in [1.165, 1.54) is 0 Å². The minimum Gasteiger partial charge on any atom is -0.493 e. The van der Waals surface area contributed by atoms with E-state index >= 15 is 0 Å². The Bertz CT molecular complexity index is 1560. The van der Waals surface area contributed by atoms with Gasteiger partial charge in [0.15, 0.2) is 6.10 Å². The summed E-state index contributed by atoms with van der Waals surface area (Å²) in [5.74, 6) is -0.264. The van der Waals surface area contributed by atoms with Crippen LogP contribution >= 0.6 is 0 Å². The van der Waals surface area contributed by atoms with Gasteiger partial charge in [0.25, 0.3) is 0 Å². The maximum Gasteiger partial charge on any atom is 0.337 e. The van der Waals surface area contributed by atoms with Crippen LogP contribution in [0.1, 0.15) is 55.5 Å². The Kier molecular flexibility index (Phi) is 5.89. The number of benzene rings is 3. The van der Waals surface area contributed by atoms with Gasteiger partial charge in [-0.2, -0.15) is 5.26 Å². The zero-order chi connectivity index (χ0) is 25.6. The van der Waals surface area contributed by atoms with Crippen molar-refractivity contribution in [1.82, 2.24) is 4.98 Å². The lowest BCUT2D eigenvalue weighted by Gasteiger charge is -2.31. The number of nitriles is 1. The molecule has 0 saturated heterocycles. The number of aryl methyl sites for hydroxylation is 1. The van der Waals surface area contributed by atoms with E-state index in [-0.39, 0.29) is 0 Å². The summed E-state index contributed by atoms with van der Waals surface area (Å²) in [5, 5.41) is 22.5. The average Bonchev–Trinajstić information content (AvgIpc) is 2.87. The number of nitrogens with zero attached hydrogens (tertiary/aromatic N) is 2. The third kappa shape index (κ3) is 3.96. The standard InChI is InChI=1S/C30H28N2O4/c1-5-30(3,4)36-28(29(33)34)24-17(2)14-20-15-18(16-31)6-7-21(20)26(24)22-8-9-23-25-19(11-13-35-23)10-12-32-27(22)25/h6-10,12,14-15,28H,5,11,13H2,1-4H3,(H,33,34)/t28-/m0/s1. The van der Waals surface area contributed by atoms with Crippen LogP contribution in [0.15, 0.2) is 48.7 Å². The van der Waals surface area contributed by atoms with Gasteiger partial charge in [-0.3, -0.25) is 4.98 Å². The van der Waals surface area contributed by atoms with Crippen LogP contribution in [0.5, 0.6) is 5.75 Å². The molecular weight excluding hydrogens is 452 g/mol. The molecule has 0 fully saturated rings. The van der Waals surface area contributed by atoms with Crippen LogP contribution < -0.4 is 4.74 Å². The first-order chi connectivity index (χ1) is 17.2. The fourth-order valence-electron chi connectivity index (χ4n) is 5.00. The molecule has 6 heteroatoms. The van der Waals surface area contributed by atoms with Crippen molar-refractivity contribution in [2.24, 2.45) is 0 Å². The molecule has 5 rings (SSSR count). The zero-order valence-electron chi connectivity index (χ0n) is 20.9. The summed E-state index contributed by atoms with van der Waals surface area (Å²) < 4.78 is 12.2. The van der Waals surface area contributed by atoms with E-state index in [1.54, 1.807) is 12.3 Å². The zero-order valence-corrected chi connectivity index (χ0v) is 20.9. The molecule has 0 bridgehead atoms. The van der Waals surface area contributed by atoms with Gasteiger partial charge in [-0.05, 0) is 85.0 Å². The van der Waals surface area contributed by atoms with Crippen molar-refractivity contribution in [1.29, 1.82) is 5.26 Å². The van der Waals surface area contributed by atoms with Gasteiger partial charge in [0.05, 0.1) is 29.4 Å².